The van der Waals surface area contributed by atoms with Gasteiger partial charge in [-0.05, 0) is 42.4 Å². The molecule has 86 valence electrons. The molecule has 1 aliphatic rings. The minimum atomic E-state index is 0.316. The topological polar surface area (TPSA) is 23.8 Å². The molecule has 3 atom stereocenters. The van der Waals surface area contributed by atoms with Crippen LogP contribution >= 0.6 is 0 Å². The van der Waals surface area contributed by atoms with Crippen molar-refractivity contribution in [3.63, 3.8) is 0 Å². The molecule has 1 rings (SSSR count). The summed E-state index contributed by atoms with van der Waals surface area (Å²) in [7, 11) is 0. The van der Waals surface area contributed by atoms with Gasteiger partial charge in [0.25, 0.3) is 0 Å². The largest absolute Gasteiger partial charge is 0.198 e. The smallest absolute Gasteiger partial charge is 0.0658 e. The van der Waals surface area contributed by atoms with E-state index in [0.717, 1.165) is 18.3 Å². The van der Waals surface area contributed by atoms with Crippen LogP contribution in [0.25, 0.3) is 0 Å². The fourth-order valence-electron chi connectivity index (χ4n) is 2.86. The zero-order chi connectivity index (χ0) is 11.6. The fourth-order valence-corrected chi connectivity index (χ4v) is 2.86. The second kappa shape index (κ2) is 4.56. The van der Waals surface area contributed by atoms with Gasteiger partial charge in [-0.3, -0.25) is 0 Å². The van der Waals surface area contributed by atoms with E-state index in [1.54, 1.807) is 0 Å². The highest BCUT2D eigenvalue weighted by Gasteiger charge is 2.39. The van der Waals surface area contributed by atoms with Gasteiger partial charge in [-0.15, -0.1) is 0 Å². The summed E-state index contributed by atoms with van der Waals surface area (Å²) in [5.41, 5.74) is 0.376. The first-order valence-electron chi connectivity index (χ1n) is 6.24. The van der Waals surface area contributed by atoms with Gasteiger partial charge >= 0.3 is 0 Å². The fraction of sp³-hybridized carbons (Fsp3) is 0.929. The van der Waals surface area contributed by atoms with Gasteiger partial charge in [0.05, 0.1) is 6.07 Å². The molecular formula is C14H25N. The molecule has 1 aliphatic carbocycles. The van der Waals surface area contributed by atoms with Gasteiger partial charge in [0, 0.05) is 5.92 Å². The lowest BCUT2D eigenvalue weighted by Crippen LogP contribution is -2.17. The van der Waals surface area contributed by atoms with Crippen molar-refractivity contribution in [2.45, 2.75) is 53.9 Å². The third-order valence-electron chi connectivity index (χ3n) is 3.86. The average molecular weight is 207 g/mol. The molecule has 0 spiro atoms. The number of nitriles is 1. The van der Waals surface area contributed by atoms with Gasteiger partial charge in [0.2, 0.25) is 0 Å². The van der Waals surface area contributed by atoms with E-state index >= 15 is 0 Å². The molecule has 0 heterocycles. The summed E-state index contributed by atoms with van der Waals surface area (Å²) in [6, 6.07) is 2.52. The Morgan fingerprint density at radius 2 is 1.87 bits per heavy atom. The SMILES string of the molecule is CC(C)CC1CC(C(C)(C)C)CC1C#N. The summed E-state index contributed by atoms with van der Waals surface area (Å²) in [5, 5.41) is 9.18. The molecular weight excluding hydrogens is 182 g/mol. The van der Waals surface area contributed by atoms with E-state index < -0.39 is 0 Å². The molecule has 3 unspecified atom stereocenters. The summed E-state index contributed by atoms with van der Waals surface area (Å²) in [6.45, 7) is 11.5. The molecule has 0 N–H and O–H groups in total. The zero-order valence-electron chi connectivity index (χ0n) is 10.9. The first-order valence-corrected chi connectivity index (χ1v) is 6.24. The Morgan fingerprint density at radius 3 is 2.27 bits per heavy atom. The normalized spacial score (nSPS) is 31.9. The molecule has 1 saturated carbocycles. The number of hydrogen-bond donors (Lipinski definition) is 0. The quantitative estimate of drug-likeness (QED) is 0.664. The molecule has 1 heteroatoms. The summed E-state index contributed by atoms with van der Waals surface area (Å²) in [5.74, 6) is 2.44. The van der Waals surface area contributed by atoms with Gasteiger partial charge in [-0.1, -0.05) is 34.6 Å². The molecule has 0 radical (unpaired) electrons. The van der Waals surface area contributed by atoms with Gasteiger partial charge < -0.3 is 0 Å². The Bertz CT molecular complexity index is 241. The molecule has 0 aromatic carbocycles. The minimum absolute atomic E-state index is 0.316. The van der Waals surface area contributed by atoms with E-state index in [4.69, 9.17) is 0 Å². The predicted molar refractivity (Wildman–Crippen MR) is 64.2 cm³/mol. The third kappa shape index (κ3) is 3.23. The predicted octanol–water partition coefficient (Wildman–Crippen LogP) is 4.24. The Labute approximate surface area is 94.9 Å². The van der Waals surface area contributed by atoms with E-state index in [9.17, 15) is 5.26 Å². The third-order valence-corrected chi connectivity index (χ3v) is 3.86. The van der Waals surface area contributed by atoms with Gasteiger partial charge in [-0.2, -0.15) is 5.26 Å². The van der Waals surface area contributed by atoms with Crippen molar-refractivity contribution >= 4 is 0 Å². The van der Waals surface area contributed by atoms with Crippen LogP contribution in [0.2, 0.25) is 0 Å². The Hall–Kier alpha value is -0.510. The van der Waals surface area contributed by atoms with Crippen molar-refractivity contribution < 1.29 is 0 Å². The van der Waals surface area contributed by atoms with Crippen LogP contribution in [0.3, 0.4) is 0 Å². The van der Waals surface area contributed by atoms with Crippen LogP contribution in [-0.4, -0.2) is 0 Å². The minimum Gasteiger partial charge on any atom is -0.198 e. The van der Waals surface area contributed by atoms with Crippen molar-refractivity contribution in [1.82, 2.24) is 0 Å². The molecule has 0 saturated heterocycles. The highest BCUT2D eigenvalue weighted by Crippen LogP contribution is 2.47. The maximum absolute atomic E-state index is 9.18. The van der Waals surface area contributed by atoms with Crippen molar-refractivity contribution in [2.75, 3.05) is 0 Å². The van der Waals surface area contributed by atoms with Gasteiger partial charge in [-0.25, -0.2) is 0 Å². The van der Waals surface area contributed by atoms with Crippen molar-refractivity contribution in [3.05, 3.63) is 0 Å². The first kappa shape index (κ1) is 12.6. The molecule has 0 aromatic rings. The van der Waals surface area contributed by atoms with E-state index in [-0.39, 0.29) is 0 Å². The second-order valence-corrected chi connectivity index (χ2v) is 6.66. The Balaban J connectivity index is 2.64. The number of hydrogen-bond acceptors (Lipinski definition) is 1. The number of rotatable bonds is 2. The molecule has 1 fully saturated rings. The van der Waals surface area contributed by atoms with Gasteiger partial charge in [0.15, 0.2) is 0 Å². The summed E-state index contributed by atoms with van der Waals surface area (Å²) < 4.78 is 0. The van der Waals surface area contributed by atoms with Crippen LogP contribution in [0, 0.1) is 40.4 Å². The molecule has 1 nitrogen and oxygen atoms in total. The standard InChI is InChI=1S/C14H25N/c1-10(2)6-11-7-13(14(3,4)5)8-12(11)9-15/h10-13H,6-8H2,1-5H3. The number of nitrogens with zero attached hydrogens (tertiary/aromatic N) is 1. The Kier molecular flexibility index (Phi) is 3.82. The van der Waals surface area contributed by atoms with E-state index in [1.165, 1.54) is 12.8 Å². The van der Waals surface area contributed by atoms with E-state index in [0.29, 0.717) is 17.3 Å². The Morgan fingerprint density at radius 1 is 1.27 bits per heavy atom. The van der Waals surface area contributed by atoms with Crippen LogP contribution < -0.4 is 0 Å². The van der Waals surface area contributed by atoms with Crippen LogP contribution in [0.5, 0.6) is 0 Å². The van der Waals surface area contributed by atoms with Crippen LogP contribution in [0.4, 0.5) is 0 Å². The van der Waals surface area contributed by atoms with Crippen molar-refractivity contribution in [3.8, 4) is 6.07 Å². The summed E-state index contributed by atoms with van der Waals surface area (Å²) in [6.07, 6.45) is 3.61. The molecule has 0 amide bonds. The van der Waals surface area contributed by atoms with Crippen LogP contribution in [0.1, 0.15) is 53.9 Å². The van der Waals surface area contributed by atoms with Crippen molar-refractivity contribution in [2.24, 2.45) is 29.1 Å². The summed E-state index contributed by atoms with van der Waals surface area (Å²) >= 11 is 0. The maximum Gasteiger partial charge on any atom is 0.0658 e. The van der Waals surface area contributed by atoms with Crippen LogP contribution in [-0.2, 0) is 0 Å². The maximum atomic E-state index is 9.18. The van der Waals surface area contributed by atoms with Gasteiger partial charge in [0.1, 0.15) is 0 Å². The molecule has 0 aliphatic heterocycles. The molecule has 0 aromatic heterocycles. The monoisotopic (exact) mass is 207 g/mol. The first-order chi connectivity index (χ1) is 6.84. The molecule has 15 heavy (non-hydrogen) atoms. The van der Waals surface area contributed by atoms with E-state index in [2.05, 4.69) is 40.7 Å². The molecule has 0 bridgehead atoms. The average Bonchev–Trinajstić information content (AvgIpc) is 2.45. The lowest BCUT2D eigenvalue weighted by Gasteiger charge is -2.27. The lowest BCUT2D eigenvalue weighted by atomic mass is 9.79. The van der Waals surface area contributed by atoms with Crippen molar-refractivity contribution in [1.29, 1.82) is 5.26 Å². The highest BCUT2D eigenvalue weighted by atomic mass is 14.4. The lowest BCUT2D eigenvalue weighted by molar-refractivity contribution is 0.235. The van der Waals surface area contributed by atoms with E-state index in [1.807, 2.05) is 0 Å². The second-order valence-electron chi connectivity index (χ2n) is 6.66. The van der Waals surface area contributed by atoms with Crippen LogP contribution in [0.15, 0.2) is 0 Å². The zero-order valence-corrected chi connectivity index (χ0v) is 10.9. The summed E-state index contributed by atoms with van der Waals surface area (Å²) in [4.78, 5) is 0. The highest BCUT2D eigenvalue weighted by molar-refractivity contribution is 4.98.